The first-order chi connectivity index (χ1) is 11.0. The average Bonchev–Trinajstić information content (AvgIpc) is 3.10. The van der Waals surface area contributed by atoms with E-state index in [1.54, 1.807) is 0 Å². The fourth-order valence-electron chi connectivity index (χ4n) is 2.06. The molecule has 2 aromatic rings. The van der Waals surface area contributed by atoms with Crippen molar-refractivity contribution in [2.75, 3.05) is 12.1 Å². The zero-order chi connectivity index (χ0) is 16.4. The van der Waals surface area contributed by atoms with Crippen LogP contribution in [-0.2, 0) is 9.59 Å². The maximum Gasteiger partial charge on any atom is 0.328 e. The standard InChI is InChI=1S/C15H12N2O5S/c1-8-14(9-2-3-10-11(6-9)22-7-21-10)17-15(23-8)16-12(18)4-5-13(19)20/h2-6H,7H2,1H3,(H,19,20)(H,16,17,18)/b5-4+. The summed E-state index contributed by atoms with van der Waals surface area (Å²) < 4.78 is 10.6. The van der Waals surface area contributed by atoms with Crippen LogP contribution < -0.4 is 14.8 Å². The number of hydrogen-bond acceptors (Lipinski definition) is 6. The number of ether oxygens (including phenoxy) is 2. The number of carboxylic acids is 1. The first-order valence-corrected chi connectivity index (χ1v) is 7.44. The lowest BCUT2D eigenvalue weighted by molar-refractivity contribution is -0.131. The first-order valence-electron chi connectivity index (χ1n) is 6.62. The molecule has 0 aliphatic carbocycles. The first kappa shape index (κ1) is 15.0. The number of fused-ring (bicyclic) bond motifs is 1. The monoisotopic (exact) mass is 332 g/mol. The summed E-state index contributed by atoms with van der Waals surface area (Å²) in [6, 6.07) is 5.51. The van der Waals surface area contributed by atoms with E-state index in [9.17, 15) is 9.59 Å². The molecule has 1 aliphatic heterocycles. The zero-order valence-corrected chi connectivity index (χ0v) is 12.8. The molecule has 118 valence electrons. The van der Waals surface area contributed by atoms with Gasteiger partial charge in [0.05, 0.1) is 5.69 Å². The zero-order valence-electron chi connectivity index (χ0n) is 12.0. The van der Waals surface area contributed by atoms with Crippen molar-refractivity contribution in [3.63, 3.8) is 0 Å². The van der Waals surface area contributed by atoms with Crippen LogP contribution in [0, 0.1) is 6.92 Å². The quantitative estimate of drug-likeness (QED) is 0.835. The number of anilines is 1. The van der Waals surface area contributed by atoms with Crippen molar-refractivity contribution in [2.45, 2.75) is 6.92 Å². The third-order valence-corrected chi connectivity index (χ3v) is 3.94. The molecule has 0 unspecified atom stereocenters. The van der Waals surface area contributed by atoms with Crippen LogP contribution >= 0.6 is 11.3 Å². The van der Waals surface area contributed by atoms with E-state index in [4.69, 9.17) is 14.6 Å². The summed E-state index contributed by atoms with van der Waals surface area (Å²) in [5.41, 5.74) is 1.58. The highest BCUT2D eigenvalue weighted by Crippen LogP contribution is 2.38. The molecule has 8 heteroatoms. The minimum Gasteiger partial charge on any atom is -0.478 e. The fourth-order valence-corrected chi connectivity index (χ4v) is 2.89. The minimum atomic E-state index is -1.18. The van der Waals surface area contributed by atoms with Gasteiger partial charge in [0, 0.05) is 22.6 Å². The van der Waals surface area contributed by atoms with Gasteiger partial charge in [-0.2, -0.15) is 0 Å². The maximum absolute atomic E-state index is 11.6. The van der Waals surface area contributed by atoms with Crippen molar-refractivity contribution in [2.24, 2.45) is 0 Å². The summed E-state index contributed by atoms with van der Waals surface area (Å²) in [6.45, 7) is 2.09. The molecule has 0 atom stereocenters. The van der Waals surface area contributed by atoms with Crippen LogP contribution in [0.2, 0.25) is 0 Å². The summed E-state index contributed by atoms with van der Waals surface area (Å²) in [5, 5.41) is 11.4. The molecule has 7 nitrogen and oxygen atoms in total. The molecule has 1 aromatic carbocycles. The van der Waals surface area contributed by atoms with Gasteiger partial charge in [-0.15, -0.1) is 11.3 Å². The topological polar surface area (TPSA) is 97.8 Å². The number of nitrogens with one attached hydrogen (secondary N) is 1. The van der Waals surface area contributed by atoms with Crippen LogP contribution in [0.1, 0.15) is 4.88 Å². The number of carbonyl (C=O) groups excluding carboxylic acids is 1. The molecule has 3 rings (SSSR count). The molecule has 2 N–H and O–H groups in total. The van der Waals surface area contributed by atoms with E-state index in [-0.39, 0.29) is 6.79 Å². The molecular formula is C15H12N2O5S. The largest absolute Gasteiger partial charge is 0.478 e. The molecule has 23 heavy (non-hydrogen) atoms. The highest BCUT2D eigenvalue weighted by molar-refractivity contribution is 7.16. The van der Waals surface area contributed by atoms with Gasteiger partial charge in [-0.05, 0) is 25.1 Å². The number of rotatable bonds is 4. The predicted octanol–water partition coefficient (Wildman–Crippen LogP) is 2.43. The van der Waals surface area contributed by atoms with Crippen molar-refractivity contribution in [1.82, 2.24) is 4.98 Å². The number of amides is 1. The Labute approximate surface area is 135 Å². The number of aromatic nitrogens is 1. The van der Waals surface area contributed by atoms with Crippen LogP contribution in [0.15, 0.2) is 30.4 Å². The van der Waals surface area contributed by atoms with Gasteiger partial charge in [-0.1, -0.05) is 0 Å². The van der Waals surface area contributed by atoms with Crippen LogP contribution in [0.5, 0.6) is 11.5 Å². The van der Waals surface area contributed by atoms with Gasteiger partial charge < -0.3 is 14.6 Å². The highest BCUT2D eigenvalue weighted by Gasteiger charge is 2.17. The Bertz CT molecular complexity index is 812. The summed E-state index contributed by atoms with van der Waals surface area (Å²) in [4.78, 5) is 27.3. The van der Waals surface area contributed by atoms with Crippen LogP contribution in [0.3, 0.4) is 0 Å². The number of thiazole rings is 1. The minimum absolute atomic E-state index is 0.200. The van der Waals surface area contributed by atoms with E-state index < -0.39 is 11.9 Å². The molecule has 0 spiro atoms. The lowest BCUT2D eigenvalue weighted by atomic mass is 10.1. The average molecular weight is 332 g/mol. The second kappa shape index (κ2) is 6.09. The Morgan fingerprint density at radius 3 is 2.87 bits per heavy atom. The third-order valence-electron chi connectivity index (χ3n) is 3.05. The normalized spacial score (nSPS) is 12.6. The van der Waals surface area contributed by atoms with Gasteiger partial charge in [0.25, 0.3) is 0 Å². The molecule has 2 heterocycles. The molecule has 0 saturated carbocycles. The van der Waals surface area contributed by atoms with Crippen LogP contribution in [0.25, 0.3) is 11.3 Å². The molecule has 0 saturated heterocycles. The predicted molar refractivity (Wildman–Crippen MR) is 83.8 cm³/mol. The Morgan fingerprint density at radius 2 is 2.09 bits per heavy atom. The number of hydrogen-bond donors (Lipinski definition) is 2. The van der Waals surface area contributed by atoms with E-state index in [1.807, 2.05) is 25.1 Å². The Balaban J connectivity index is 1.81. The second-order valence-electron chi connectivity index (χ2n) is 4.65. The van der Waals surface area contributed by atoms with Crippen molar-refractivity contribution in [1.29, 1.82) is 0 Å². The Kier molecular flexibility index (Phi) is 3.98. The van der Waals surface area contributed by atoms with Crippen molar-refractivity contribution in [3.8, 4) is 22.8 Å². The number of benzene rings is 1. The van der Waals surface area contributed by atoms with E-state index in [2.05, 4.69) is 10.3 Å². The number of nitrogens with zero attached hydrogens (tertiary/aromatic N) is 1. The van der Waals surface area contributed by atoms with E-state index in [0.717, 1.165) is 28.3 Å². The highest BCUT2D eigenvalue weighted by atomic mass is 32.1. The molecule has 0 fully saturated rings. The summed E-state index contributed by atoms with van der Waals surface area (Å²) in [7, 11) is 0. The second-order valence-corrected chi connectivity index (χ2v) is 5.86. The lowest BCUT2D eigenvalue weighted by Crippen LogP contribution is -2.08. The summed E-state index contributed by atoms with van der Waals surface area (Å²) in [5.74, 6) is -0.381. The molecule has 0 bridgehead atoms. The van der Waals surface area contributed by atoms with Crippen molar-refractivity contribution >= 4 is 28.3 Å². The Morgan fingerprint density at radius 1 is 1.30 bits per heavy atom. The van der Waals surface area contributed by atoms with E-state index >= 15 is 0 Å². The fraction of sp³-hybridized carbons (Fsp3) is 0.133. The smallest absolute Gasteiger partial charge is 0.328 e. The number of aliphatic carboxylic acids is 1. The molecule has 1 aromatic heterocycles. The molecular weight excluding hydrogens is 320 g/mol. The molecule has 1 aliphatic rings. The molecule has 0 radical (unpaired) electrons. The summed E-state index contributed by atoms with van der Waals surface area (Å²) in [6.07, 6.45) is 1.72. The van der Waals surface area contributed by atoms with Gasteiger partial charge in [-0.25, -0.2) is 9.78 Å². The number of carboxylic acid groups (broad SMARTS) is 1. The summed E-state index contributed by atoms with van der Waals surface area (Å²) >= 11 is 1.31. The maximum atomic E-state index is 11.6. The van der Waals surface area contributed by atoms with Gasteiger partial charge in [0.2, 0.25) is 12.7 Å². The van der Waals surface area contributed by atoms with Gasteiger partial charge in [-0.3, -0.25) is 10.1 Å². The van der Waals surface area contributed by atoms with E-state index in [1.165, 1.54) is 11.3 Å². The van der Waals surface area contributed by atoms with Gasteiger partial charge in [0.1, 0.15) is 0 Å². The molecule has 1 amide bonds. The number of aryl methyl sites for hydroxylation is 1. The van der Waals surface area contributed by atoms with Crippen molar-refractivity contribution in [3.05, 3.63) is 35.2 Å². The van der Waals surface area contributed by atoms with Crippen LogP contribution in [-0.4, -0.2) is 28.8 Å². The van der Waals surface area contributed by atoms with E-state index in [0.29, 0.717) is 16.6 Å². The third kappa shape index (κ3) is 3.32. The van der Waals surface area contributed by atoms with Gasteiger partial charge in [0.15, 0.2) is 16.6 Å². The SMILES string of the molecule is Cc1sc(NC(=O)/C=C/C(=O)O)nc1-c1ccc2c(c1)OCO2. The number of carbonyl (C=O) groups is 2. The van der Waals surface area contributed by atoms with Crippen molar-refractivity contribution < 1.29 is 24.2 Å². The van der Waals surface area contributed by atoms with Crippen LogP contribution in [0.4, 0.5) is 5.13 Å². The Hall–Kier alpha value is -2.87. The van der Waals surface area contributed by atoms with Gasteiger partial charge >= 0.3 is 5.97 Å². The lowest BCUT2D eigenvalue weighted by Gasteiger charge is -2.01.